The first-order valence-corrected chi connectivity index (χ1v) is 9.77. The molecule has 0 radical (unpaired) electrons. The van der Waals surface area contributed by atoms with Crippen LogP contribution >= 0.6 is 11.8 Å². The zero-order valence-electron chi connectivity index (χ0n) is 15.1. The zero-order valence-corrected chi connectivity index (χ0v) is 15.9. The van der Waals surface area contributed by atoms with Crippen LogP contribution in [0.15, 0.2) is 65.2 Å². The molecule has 1 aliphatic rings. The normalized spacial score (nSPS) is 16.2. The Kier molecular flexibility index (Phi) is 5.00. The largest absolute Gasteiger partial charge is 0.329 e. The first-order chi connectivity index (χ1) is 13.2. The number of piperidine rings is 1. The molecule has 3 aromatic rings. The summed E-state index contributed by atoms with van der Waals surface area (Å²) in [5, 5.41) is 11.7. The lowest BCUT2D eigenvalue weighted by Gasteiger charge is -2.36. The minimum Gasteiger partial charge on any atom is -0.329 e. The third-order valence-corrected chi connectivity index (χ3v) is 5.98. The smallest absolute Gasteiger partial charge is 0.252 e. The van der Waals surface area contributed by atoms with E-state index >= 15 is 0 Å². The molecular weight excluding hydrogens is 360 g/mol. The van der Waals surface area contributed by atoms with Crippen LogP contribution in [0.2, 0.25) is 0 Å². The monoisotopic (exact) mass is 382 g/mol. The first-order valence-electron chi connectivity index (χ1n) is 8.95. The highest BCUT2D eigenvalue weighted by Gasteiger charge is 2.42. The van der Waals surface area contributed by atoms with Gasteiger partial charge in [0, 0.05) is 42.4 Å². The van der Waals surface area contributed by atoms with Gasteiger partial charge in [-0.05, 0) is 56.3 Å². The van der Waals surface area contributed by atoms with Crippen molar-refractivity contribution in [2.45, 2.75) is 28.4 Å². The molecule has 1 fully saturated rings. The van der Waals surface area contributed by atoms with Gasteiger partial charge in [-0.1, -0.05) is 11.8 Å². The van der Waals surface area contributed by atoms with Crippen molar-refractivity contribution >= 4 is 23.4 Å². The van der Waals surface area contributed by atoms with E-state index in [-0.39, 0.29) is 5.91 Å². The van der Waals surface area contributed by atoms with Crippen LogP contribution in [0.3, 0.4) is 0 Å². The van der Waals surface area contributed by atoms with E-state index in [4.69, 9.17) is 0 Å². The quantitative estimate of drug-likeness (QED) is 0.709. The molecule has 3 heterocycles. The van der Waals surface area contributed by atoms with Gasteiger partial charge in [0.25, 0.3) is 5.91 Å². The summed E-state index contributed by atoms with van der Waals surface area (Å²) < 4.78 is 3.78. The number of imidazole rings is 1. The number of anilines is 1. The Morgan fingerprint density at radius 1 is 1.19 bits per heavy atom. The van der Waals surface area contributed by atoms with E-state index < -0.39 is 5.54 Å². The Balaban J connectivity index is 1.49. The molecule has 1 amide bonds. The van der Waals surface area contributed by atoms with E-state index in [9.17, 15) is 4.79 Å². The van der Waals surface area contributed by atoms with E-state index in [0.717, 1.165) is 28.8 Å². The highest BCUT2D eigenvalue weighted by molar-refractivity contribution is 7.99. The number of rotatable bonds is 5. The SMILES string of the molecule is Cn1ccnc1Sc1ccc(NC(=O)C2(n3cccn3)CCNCC2)cc1. The van der Waals surface area contributed by atoms with Crippen LogP contribution in [0, 0.1) is 0 Å². The molecule has 8 heteroatoms. The first kappa shape index (κ1) is 17.8. The van der Waals surface area contributed by atoms with Crippen LogP contribution in [-0.4, -0.2) is 38.3 Å². The number of carbonyl (C=O) groups is 1. The van der Waals surface area contributed by atoms with Crippen molar-refractivity contribution in [1.29, 1.82) is 0 Å². The third kappa shape index (κ3) is 3.63. The summed E-state index contributed by atoms with van der Waals surface area (Å²) in [5.74, 6) is -0.0165. The van der Waals surface area contributed by atoms with Crippen molar-refractivity contribution in [2.24, 2.45) is 7.05 Å². The minimum absolute atomic E-state index is 0.0165. The number of nitrogens with one attached hydrogen (secondary N) is 2. The molecule has 1 saturated heterocycles. The molecule has 7 nitrogen and oxygen atoms in total. The summed E-state index contributed by atoms with van der Waals surface area (Å²) in [7, 11) is 1.97. The Morgan fingerprint density at radius 3 is 2.59 bits per heavy atom. The number of aromatic nitrogens is 4. The number of nitrogens with zero attached hydrogens (tertiary/aromatic N) is 4. The van der Waals surface area contributed by atoms with Gasteiger partial charge in [0.05, 0.1) is 0 Å². The van der Waals surface area contributed by atoms with Gasteiger partial charge >= 0.3 is 0 Å². The van der Waals surface area contributed by atoms with Gasteiger partial charge in [-0.2, -0.15) is 5.10 Å². The minimum atomic E-state index is -0.644. The summed E-state index contributed by atoms with van der Waals surface area (Å²) in [6, 6.07) is 9.72. The highest BCUT2D eigenvalue weighted by atomic mass is 32.2. The second-order valence-electron chi connectivity index (χ2n) is 6.63. The molecule has 0 spiro atoms. The number of amides is 1. The third-order valence-electron chi connectivity index (χ3n) is 4.89. The molecule has 0 bridgehead atoms. The lowest BCUT2D eigenvalue weighted by atomic mass is 9.87. The predicted octanol–water partition coefficient (Wildman–Crippen LogP) is 2.49. The van der Waals surface area contributed by atoms with Crippen molar-refractivity contribution < 1.29 is 4.79 Å². The second-order valence-corrected chi connectivity index (χ2v) is 7.67. The number of hydrogen-bond acceptors (Lipinski definition) is 5. The van der Waals surface area contributed by atoms with Crippen molar-refractivity contribution in [3.8, 4) is 0 Å². The van der Waals surface area contributed by atoms with Gasteiger partial charge < -0.3 is 15.2 Å². The summed E-state index contributed by atoms with van der Waals surface area (Å²) in [4.78, 5) is 18.6. The molecule has 0 atom stereocenters. The molecule has 27 heavy (non-hydrogen) atoms. The molecule has 0 unspecified atom stereocenters. The molecule has 140 valence electrons. The maximum absolute atomic E-state index is 13.2. The van der Waals surface area contributed by atoms with E-state index in [1.54, 1.807) is 28.8 Å². The Morgan fingerprint density at radius 2 is 1.96 bits per heavy atom. The Bertz CT molecular complexity index is 897. The van der Waals surface area contributed by atoms with E-state index in [1.807, 2.05) is 54.3 Å². The van der Waals surface area contributed by atoms with Gasteiger partial charge in [-0.25, -0.2) is 4.98 Å². The van der Waals surface area contributed by atoms with Gasteiger partial charge in [0.15, 0.2) is 5.16 Å². The van der Waals surface area contributed by atoms with Crippen LogP contribution in [-0.2, 0) is 17.4 Å². The maximum Gasteiger partial charge on any atom is 0.252 e. The molecular formula is C19H22N6OS. The van der Waals surface area contributed by atoms with Crippen LogP contribution in [0.4, 0.5) is 5.69 Å². The summed E-state index contributed by atoms with van der Waals surface area (Å²) in [5.41, 5.74) is 0.143. The molecule has 1 aliphatic heterocycles. The number of carbonyl (C=O) groups excluding carboxylic acids is 1. The molecule has 2 N–H and O–H groups in total. The van der Waals surface area contributed by atoms with Crippen LogP contribution in [0.25, 0.3) is 0 Å². The molecule has 0 saturated carbocycles. The number of benzene rings is 1. The van der Waals surface area contributed by atoms with Gasteiger partial charge in [-0.3, -0.25) is 9.48 Å². The topological polar surface area (TPSA) is 76.8 Å². The molecule has 4 rings (SSSR count). The highest BCUT2D eigenvalue weighted by Crippen LogP contribution is 2.30. The lowest BCUT2D eigenvalue weighted by molar-refractivity contribution is -0.126. The van der Waals surface area contributed by atoms with Gasteiger partial charge in [-0.15, -0.1) is 0 Å². The van der Waals surface area contributed by atoms with Crippen molar-refractivity contribution in [3.05, 3.63) is 55.1 Å². The fourth-order valence-electron chi connectivity index (χ4n) is 3.33. The lowest BCUT2D eigenvalue weighted by Crippen LogP contribution is -2.52. The van der Waals surface area contributed by atoms with E-state index in [2.05, 4.69) is 20.7 Å². The van der Waals surface area contributed by atoms with Crippen molar-refractivity contribution in [1.82, 2.24) is 24.6 Å². The maximum atomic E-state index is 13.2. The van der Waals surface area contributed by atoms with E-state index in [1.165, 1.54) is 0 Å². The average molecular weight is 382 g/mol. The predicted molar refractivity (Wildman–Crippen MR) is 105 cm³/mol. The standard InChI is InChI=1S/C19H22N6OS/c1-24-14-12-21-18(24)27-16-5-3-15(4-6-16)23-17(26)19(7-10-20-11-8-19)25-13-2-9-22-25/h2-6,9,12-14,20H,7-8,10-11H2,1H3,(H,23,26). The molecule has 1 aromatic carbocycles. The van der Waals surface area contributed by atoms with E-state index in [0.29, 0.717) is 12.8 Å². The van der Waals surface area contributed by atoms with Crippen LogP contribution in [0.1, 0.15) is 12.8 Å². The average Bonchev–Trinajstić information content (AvgIpc) is 3.37. The fourth-order valence-corrected chi connectivity index (χ4v) is 4.13. The van der Waals surface area contributed by atoms with Gasteiger partial charge in [0.2, 0.25) is 0 Å². The summed E-state index contributed by atoms with van der Waals surface area (Å²) in [6.45, 7) is 1.60. The Labute approximate surface area is 162 Å². The summed E-state index contributed by atoms with van der Waals surface area (Å²) >= 11 is 1.59. The van der Waals surface area contributed by atoms with Gasteiger partial charge in [0.1, 0.15) is 5.54 Å². The summed E-state index contributed by atoms with van der Waals surface area (Å²) in [6.07, 6.45) is 8.73. The molecule has 2 aromatic heterocycles. The van der Waals surface area contributed by atoms with Crippen molar-refractivity contribution in [2.75, 3.05) is 18.4 Å². The Hall–Kier alpha value is -2.58. The molecule has 0 aliphatic carbocycles. The van der Waals surface area contributed by atoms with Crippen molar-refractivity contribution in [3.63, 3.8) is 0 Å². The zero-order chi connectivity index (χ0) is 18.7. The number of hydrogen-bond donors (Lipinski definition) is 2. The number of aryl methyl sites for hydroxylation is 1. The van der Waals surface area contributed by atoms with Crippen LogP contribution < -0.4 is 10.6 Å². The second kappa shape index (κ2) is 7.58. The fraction of sp³-hybridized carbons (Fsp3) is 0.316. The van der Waals surface area contributed by atoms with Crippen LogP contribution in [0.5, 0.6) is 0 Å².